The molecule has 0 unspecified atom stereocenters. The van der Waals surface area contributed by atoms with Crippen LogP contribution in [0.25, 0.3) is 0 Å². The summed E-state index contributed by atoms with van der Waals surface area (Å²) in [6, 6.07) is 4.94. The van der Waals surface area contributed by atoms with Gasteiger partial charge in [0.1, 0.15) is 0 Å². The van der Waals surface area contributed by atoms with Crippen molar-refractivity contribution in [1.29, 1.82) is 0 Å². The Balaban J connectivity index is 1.40. The molecule has 6 heteroatoms. The van der Waals surface area contributed by atoms with E-state index in [0.29, 0.717) is 6.04 Å². The van der Waals surface area contributed by atoms with Crippen molar-refractivity contribution in [2.24, 2.45) is 0 Å². The summed E-state index contributed by atoms with van der Waals surface area (Å²) in [5.74, 6) is 0.912. The van der Waals surface area contributed by atoms with E-state index in [2.05, 4.69) is 20.1 Å². The van der Waals surface area contributed by atoms with E-state index in [0.717, 1.165) is 50.1 Å². The molecular formula is C19H29N5O. The summed E-state index contributed by atoms with van der Waals surface area (Å²) < 4.78 is 0. The smallest absolute Gasteiger partial charge is 0.321 e. The first-order valence-corrected chi connectivity index (χ1v) is 9.70. The molecule has 0 bridgehead atoms. The van der Waals surface area contributed by atoms with Gasteiger partial charge in [-0.1, -0.05) is 0 Å². The highest BCUT2D eigenvalue weighted by Crippen LogP contribution is 2.31. The predicted octanol–water partition coefficient (Wildman–Crippen LogP) is 2.77. The first-order valence-electron chi connectivity index (χ1n) is 9.70. The van der Waals surface area contributed by atoms with E-state index in [1.807, 2.05) is 30.3 Å². The first kappa shape index (κ1) is 16.6. The lowest BCUT2D eigenvalue weighted by atomic mass is 10.1. The fraction of sp³-hybridized carbons (Fsp3) is 0.684. The fourth-order valence-electron chi connectivity index (χ4n) is 4.08. The number of carbonyl (C=O) groups excluding carboxylic acids is 1. The third kappa shape index (κ3) is 3.73. The molecule has 1 aromatic heterocycles. The number of amides is 2. The molecule has 4 rings (SSSR count). The summed E-state index contributed by atoms with van der Waals surface area (Å²) in [5.41, 5.74) is 0.832. The van der Waals surface area contributed by atoms with Crippen LogP contribution in [-0.2, 0) is 0 Å². The summed E-state index contributed by atoms with van der Waals surface area (Å²) in [6.07, 6.45) is 9.23. The number of hydrogen-bond donors (Lipinski definition) is 1. The molecule has 0 aromatic carbocycles. The van der Waals surface area contributed by atoms with Crippen LogP contribution in [0.5, 0.6) is 0 Å². The number of hydrogen-bond acceptors (Lipinski definition) is 4. The van der Waals surface area contributed by atoms with Gasteiger partial charge >= 0.3 is 6.03 Å². The lowest BCUT2D eigenvalue weighted by molar-refractivity contribution is 0.201. The van der Waals surface area contributed by atoms with Gasteiger partial charge in [0.25, 0.3) is 0 Å². The van der Waals surface area contributed by atoms with Crippen LogP contribution in [0.3, 0.4) is 0 Å². The van der Waals surface area contributed by atoms with Crippen LogP contribution in [-0.4, -0.2) is 66.1 Å². The van der Waals surface area contributed by atoms with E-state index >= 15 is 0 Å². The maximum atomic E-state index is 12.8. The van der Waals surface area contributed by atoms with Crippen molar-refractivity contribution in [2.75, 3.05) is 43.4 Å². The van der Waals surface area contributed by atoms with Crippen molar-refractivity contribution in [1.82, 2.24) is 14.8 Å². The molecule has 2 amide bonds. The second kappa shape index (κ2) is 7.20. The van der Waals surface area contributed by atoms with Crippen LogP contribution in [0.15, 0.2) is 18.3 Å². The number of urea groups is 1. The zero-order valence-electron chi connectivity index (χ0n) is 15.2. The van der Waals surface area contributed by atoms with E-state index in [-0.39, 0.29) is 6.03 Å². The Morgan fingerprint density at radius 1 is 1.20 bits per heavy atom. The third-order valence-corrected chi connectivity index (χ3v) is 5.81. The van der Waals surface area contributed by atoms with E-state index in [4.69, 9.17) is 0 Å². The first-order chi connectivity index (χ1) is 12.2. The molecule has 1 N–H and O–H groups in total. The number of likely N-dealkylation sites (tertiary alicyclic amines) is 1. The fourth-order valence-corrected chi connectivity index (χ4v) is 4.08. The SMILES string of the molecule is CN(C(=O)Nc1cccnc1N1CCCCC1)[C@H]1CCN(C2CC2)C1. The van der Waals surface area contributed by atoms with Crippen molar-refractivity contribution < 1.29 is 4.79 Å². The molecule has 3 heterocycles. The van der Waals surface area contributed by atoms with Crippen LogP contribution in [0.1, 0.15) is 38.5 Å². The molecule has 1 aromatic rings. The average molecular weight is 343 g/mol. The third-order valence-electron chi connectivity index (χ3n) is 5.81. The second-order valence-electron chi connectivity index (χ2n) is 7.63. The number of nitrogens with one attached hydrogen (secondary N) is 1. The molecule has 136 valence electrons. The van der Waals surface area contributed by atoms with E-state index in [9.17, 15) is 4.79 Å². The van der Waals surface area contributed by atoms with E-state index < -0.39 is 0 Å². The summed E-state index contributed by atoms with van der Waals surface area (Å²) in [7, 11) is 1.92. The van der Waals surface area contributed by atoms with Crippen molar-refractivity contribution in [3.8, 4) is 0 Å². The lowest BCUT2D eigenvalue weighted by Crippen LogP contribution is -2.42. The normalized spacial score (nSPS) is 24.4. The molecule has 25 heavy (non-hydrogen) atoms. The summed E-state index contributed by atoms with van der Waals surface area (Å²) in [6.45, 7) is 4.18. The average Bonchev–Trinajstić information content (AvgIpc) is 3.39. The molecule has 2 aliphatic heterocycles. The number of likely N-dealkylation sites (N-methyl/N-ethyl adjacent to an activating group) is 1. The Hall–Kier alpha value is -1.82. The Morgan fingerprint density at radius 3 is 2.76 bits per heavy atom. The highest BCUT2D eigenvalue weighted by atomic mass is 16.2. The van der Waals surface area contributed by atoms with Gasteiger partial charge in [0.2, 0.25) is 0 Å². The molecule has 3 fully saturated rings. The Bertz CT molecular complexity index is 612. The minimum atomic E-state index is -0.0195. The lowest BCUT2D eigenvalue weighted by Gasteiger charge is -2.30. The van der Waals surface area contributed by atoms with Crippen LogP contribution in [0.2, 0.25) is 0 Å². The molecular weight excluding hydrogens is 314 g/mol. The quantitative estimate of drug-likeness (QED) is 0.913. The van der Waals surface area contributed by atoms with Gasteiger partial charge in [0, 0.05) is 51.5 Å². The molecule has 2 saturated heterocycles. The molecule has 3 aliphatic rings. The molecule has 1 atom stereocenters. The molecule has 6 nitrogen and oxygen atoms in total. The van der Waals surface area contributed by atoms with Gasteiger partial charge < -0.3 is 15.1 Å². The van der Waals surface area contributed by atoms with Crippen LogP contribution in [0.4, 0.5) is 16.3 Å². The van der Waals surface area contributed by atoms with Gasteiger partial charge in [-0.25, -0.2) is 9.78 Å². The van der Waals surface area contributed by atoms with Crippen molar-refractivity contribution >= 4 is 17.5 Å². The standard InChI is InChI=1S/C19H29N5O/c1-22(16-9-13-24(14-16)15-7-8-15)19(25)21-17-6-5-10-20-18(17)23-11-3-2-4-12-23/h5-6,10,15-16H,2-4,7-9,11-14H2,1H3,(H,21,25)/t16-/m0/s1. The second-order valence-corrected chi connectivity index (χ2v) is 7.63. The monoisotopic (exact) mass is 343 g/mol. The number of nitrogens with zero attached hydrogens (tertiary/aromatic N) is 4. The summed E-state index contributed by atoms with van der Waals surface area (Å²) in [4.78, 5) is 24.0. The van der Waals surface area contributed by atoms with Gasteiger partial charge in [0.05, 0.1) is 5.69 Å². The number of rotatable bonds is 4. The number of anilines is 2. The number of aromatic nitrogens is 1. The van der Waals surface area contributed by atoms with Crippen molar-refractivity contribution in [3.63, 3.8) is 0 Å². The van der Waals surface area contributed by atoms with Gasteiger partial charge in [-0.3, -0.25) is 4.90 Å². The minimum Gasteiger partial charge on any atom is -0.355 e. The highest BCUT2D eigenvalue weighted by Gasteiger charge is 2.36. The Labute approximate surface area is 150 Å². The molecule has 1 aliphatic carbocycles. The van der Waals surface area contributed by atoms with Crippen LogP contribution >= 0.6 is 0 Å². The van der Waals surface area contributed by atoms with Crippen molar-refractivity contribution in [3.05, 3.63) is 18.3 Å². The largest absolute Gasteiger partial charge is 0.355 e. The zero-order chi connectivity index (χ0) is 17.2. The topological polar surface area (TPSA) is 51.7 Å². The van der Waals surface area contributed by atoms with Crippen molar-refractivity contribution in [2.45, 2.75) is 50.6 Å². The number of pyridine rings is 1. The van der Waals surface area contributed by atoms with E-state index in [1.165, 1.54) is 32.1 Å². The van der Waals surface area contributed by atoms with Crippen LogP contribution in [0, 0.1) is 0 Å². The minimum absolute atomic E-state index is 0.0195. The molecule has 0 radical (unpaired) electrons. The molecule has 1 saturated carbocycles. The maximum absolute atomic E-state index is 12.8. The summed E-state index contributed by atoms with van der Waals surface area (Å²) in [5, 5.41) is 3.11. The predicted molar refractivity (Wildman–Crippen MR) is 100 cm³/mol. The van der Waals surface area contributed by atoms with Gasteiger partial charge in [-0.05, 0) is 50.7 Å². The maximum Gasteiger partial charge on any atom is 0.321 e. The molecule has 0 spiro atoms. The van der Waals surface area contributed by atoms with Crippen LogP contribution < -0.4 is 10.2 Å². The van der Waals surface area contributed by atoms with Gasteiger partial charge in [-0.2, -0.15) is 0 Å². The Morgan fingerprint density at radius 2 is 2.00 bits per heavy atom. The number of piperidine rings is 1. The van der Waals surface area contributed by atoms with E-state index in [1.54, 1.807) is 0 Å². The van der Waals surface area contributed by atoms with Gasteiger partial charge in [-0.15, -0.1) is 0 Å². The zero-order valence-corrected chi connectivity index (χ0v) is 15.2. The Kier molecular flexibility index (Phi) is 4.79. The number of carbonyl (C=O) groups is 1. The highest BCUT2D eigenvalue weighted by molar-refractivity contribution is 5.92. The summed E-state index contributed by atoms with van der Waals surface area (Å²) >= 11 is 0. The van der Waals surface area contributed by atoms with Gasteiger partial charge in [0.15, 0.2) is 5.82 Å².